The molecule has 0 radical (unpaired) electrons. The van der Waals surface area contributed by atoms with Gasteiger partial charge in [0.1, 0.15) is 0 Å². The Balaban J connectivity index is 1.55. The Morgan fingerprint density at radius 2 is 1.24 bits per heavy atom. The fourth-order valence-electron chi connectivity index (χ4n) is 6.15. The minimum absolute atomic E-state index is 0.993. The molecule has 0 aromatic rings. The molecule has 4 rings (SSSR count). The molecule has 0 heterocycles. The van der Waals surface area contributed by atoms with Gasteiger partial charge in [0, 0.05) is 0 Å². The molecule has 4 saturated carbocycles. The van der Waals surface area contributed by atoms with Crippen molar-refractivity contribution in [3.63, 3.8) is 0 Å². The minimum Gasteiger partial charge on any atom is -0.167 e. The first-order valence-corrected chi connectivity index (χ1v) is 11.5. The molecule has 17 heavy (non-hydrogen) atoms. The van der Waals surface area contributed by atoms with Crippen LogP contribution in [0.5, 0.6) is 0 Å². The van der Waals surface area contributed by atoms with Gasteiger partial charge in [-0.1, -0.05) is 32.2 Å². The lowest BCUT2D eigenvalue weighted by Crippen LogP contribution is -2.40. The van der Waals surface area contributed by atoms with E-state index >= 15 is 0 Å². The van der Waals surface area contributed by atoms with E-state index in [-0.39, 0.29) is 0 Å². The molecule has 2 heteroatoms. The molecule has 0 saturated heterocycles. The van der Waals surface area contributed by atoms with E-state index in [9.17, 15) is 0 Å². The third-order valence-electron chi connectivity index (χ3n) is 6.93. The molecule has 96 valence electrons. The van der Waals surface area contributed by atoms with Crippen LogP contribution < -0.4 is 0 Å². The summed E-state index contributed by atoms with van der Waals surface area (Å²) in [5.41, 5.74) is 1.99. The average Bonchev–Trinajstić information content (AvgIpc) is 3.07. The molecule has 0 aromatic heterocycles. The summed E-state index contributed by atoms with van der Waals surface area (Å²) in [4.78, 5) is 0. The van der Waals surface area contributed by atoms with Gasteiger partial charge in [-0.05, 0) is 60.4 Å². The summed E-state index contributed by atoms with van der Waals surface area (Å²) in [6.07, 6.45) is 12.2. The lowest BCUT2D eigenvalue weighted by Gasteiger charge is -2.41. The molecule has 4 aliphatic carbocycles. The summed E-state index contributed by atoms with van der Waals surface area (Å²) in [6.45, 7) is 2.55. The van der Waals surface area contributed by atoms with Crippen molar-refractivity contribution in [2.75, 3.05) is 0 Å². The van der Waals surface area contributed by atoms with Crippen molar-refractivity contribution in [3.05, 3.63) is 0 Å². The molecule has 6 unspecified atom stereocenters. The zero-order valence-electron chi connectivity index (χ0n) is 11.0. The zero-order valence-corrected chi connectivity index (χ0v) is 12.8. The highest BCUT2D eigenvalue weighted by Gasteiger charge is 2.56. The Morgan fingerprint density at radius 1 is 0.765 bits per heavy atom. The number of hydrogen-bond donors (Lipinski definition) is 0. The van der Waals surface area contributed by atoms with Crippen LogP contribution >= 0.6 is 11.1 Å². The SMILES string of the molecule is C[Si](Cl)(C1CC2CCC1C2)C1CC2CCC1C2. The van der Waals surface area contributed by atoms with Gasteiger partial charge in [0.15, 0.2) is 7.38 Å². The summed E-state index contributed by atoms with van der Waals surface area (Å²) in [7, 11) is -1.47. The van der Waals surface area contributed by atoms with E-state index in [2.05, 4.69) is 6.55 Å². The average molecular weight is 269 g/mol. The Kier molecular flexibility index (Phi) is 2.51. The summed E-state index contributed by atoms with van der Waals surface area (Å²) in [5, 5.41) is 0. The minimum atomic E-state index is -1.47. The van der Waals surface area contributed by atoms with Crippen LogP contribution in [0.2, 0.25) is 17.6 Å². The first-order valence-electron chi connectivity index (χ1n) is 7.83. The van der Waals surface area contributed by atoms with Gasteiger partial charge in [-0.2, -0.15) is 11.1 Å². The van der Waals surface area contributed by atoms with Gasteiger partial charge in [-0.15, -0.1) is 0 Å². The van der Waals surface area contributed by atoms with Crippen LogP contribution in [0.15, 0.2) is 0 Å². The lowest BCUT2D eigenvalue weighted by molar-refractivity contribution is 0.436. The Morgan fingerprint density at radius 3 is 1.53 bits per heavy atom. The van der Waals surface area contributed by atoms with Gasteiger partial charge in [0.2, 0.25) is 0 Å². The second-order valence-corrected chi connectivity index (χ2v) is 13.9. The van der Waals surface area contributed by atoms with Crippen LogP contribution in [0.4, 0.5) is 0 Å². The van der Waals surface area contributed by atoms with Crippen molar-refractivity contribution in [3.8, 4) is 0 Å². The molecule has 4 aliphatic rings. The van der Waals surface area contributed by atoms with Crippen molar-refractivity contribution in [2.24, 2.45) is 23.7 Å². The molecular weight excluding hydrogens is 244 g/mol. The zero-order chi connectivity index (χ0) is 11.6. The number of halogens is 1. The molecule has 4 fully saturated rings. The molecule has 6 atom stereocenters. The maximum Gasteiger partial charge on any atom is 0.160 e. The summed E-state index contributed by atoms with van der Waals surface area (Å²) in [5.74, 6) is 4.25. The largest absolute Gasteiger partial charge is 0.167 e. The van der Waals surface area contributed by atoms with Crippen LogP contribution in [0.1, 0.15) is 51.4 Å². The molecule has 0 aromatic carbocycles. The first kappa shape index (κ1) is 11.3. The quantitative estimate of drug-likeness (QED) is 0.478. The fourth-order valence-corrected chi connectivity index (χ4v) is 12.3. The number of rotatable bonds is 2. The molecule has 0 amide bonds. The highest BCUT2D eigenvalue weighted by molar-refractivity contribution is 7.21. The van der Waals surface area contributed by atoms with Gasteiger partial charge in [0.25, 0.3) is 0 Å². The second kappa shape index (κ2) is 3.76. The normalized spacial score (nSPS) is 55.4. The topological polar surface area (TPSA) is 0 Å². The Bertz CT molecular complexity index is 297. The van der Waals surface area contributed by atoms with E-state index in [1.807, 2.05) is 0 Å². The van der Waals surface area contributed by atoms with Crippen molar-refractivity contribution >= 4 is 18.5 Å². The highest BCUT2D eigenvalue weighted by Crippen LogP contribution is 2.64. The van der Waals surface area contributed by atoms with E-state index in [1.165, 1.54) is 38.5 Å². The van der Waals surface area contributed by atoms with E-state index in [4.69, 9.17) is 11.1 Å². The van der Waals surface area contributed by atoms with E-state index in [0.717, 1.165) is 34.8 Å². The monoisotopic (exact) mass is 268 g/mol. The number of fused-ring (bicyclic) bond motifs is 4. The van der Waals surface area contributed by atoms with Crippen LogP contribution in [-0.2, 0) is 0 Å². The number of hydrogen-bond acceptors (Lipinski definition) is 0. The third kappa shape index (κ3) is 1.61. The van der Waals surface area contributed by atoms with Gasteiger partial charge >= 0.3 is 0 Å². The van der Waals surface area contributed by atoms with E-state index in [1.54, 1.807) is 12.8 Å². The predicted octanol–water partition coefficient (Wildman–Crippen LogP) is 5.18. The van der Waals surface area contributed by atoms with Gasteiger partial charge in [0.05, 0.1) is 0 Å². The summed E-state index contributed by atoms with van der Waals surface area (Å²) < 4.78 is 0. The van der Waals surface area contributed by atoms with Crippen LogP contribution in [0, 0.1) is 23.7 Å². The molecular formula is C15H25ClSi. The fraction of sp³-hybridized carbons (Fsp3) is 1.00. The van der Waals surface area contributed by atoms with Crippen LogP contribution in [0.3, 0.4) is 0 Å². The van der Waals surface area contributed by atoms with Gasteiger partial charge < -0.3 is 0 Å². The Labute approximate surface area is 111 Å². The Hall–Kier alpha value is 0.507. The predicted molar refractivity (Wildman–Crippen MR) is 75.9 cm³/mol. The molecule has 0 nitrogen and oxygen atoms in total. The lowest BCUT2D eigenvalue weighted by atomic mass is 9.99. The third-order valence-corrected chi connectivity index (χ3v) is 12.9. The van der Waals surface area contributed by atoms with Crippen LogP contribution in [0.25, 0.3) is 0 Å². The molecule has 0 N–H and O–H groups in total. The van der Waals surface area contributed by atoms with Gasteiger partial charge in [-0.3, -0.25) is 0 Å². The molecule has 0 spiro atoms. The second-order valence-electron chi connectivity index (χ2n) is 7.71. The van der Waals surface area contributed by atoms with Crippen LogP contribution in [-0.4, -0.2) is 7.38 Å². The standard InChI is InChI=1S/C15H25ClSi/c1-17(16,14-8-10-2-4-12(14)6-10)15-9-11-3-5-13(15)7-11/h10-15H,2-9H2,1H3. The summed E-state index contributed by atoms with van der Waals surface area (Å²) >= 11 is 7.28. The molecule has 4 bridgehead atoms. The first-order chi connectivity index (χ1) is 8.14. The highest BCUT2D eigenvalue weighted by atomic mass is 35.6. The van der Waals surface area contributed by atoms with Crippen molar-refractivity contribution in [1.82, 2.24) is 0 Å². The van der Waals surface area contributed by atoms with Crippen molar-refractivity contribution in [1.29, 1.82) is 0 Å². The van der Waals surface area contributed by atoms with E-state index < -0.39 is 7.38 Å². The summed E-state index contributed by atoms with van der Waals surface area (Å²) in [6, 6.07) is 0. The van der Waals surface area contributed by atoms with Crippen molar-refractivity contribution < 1.29 is 0 Å². The smallest absolute Gasteiger partial charge is 0.160 e. The van der Waals surface area contributed by atoms with Gasteiger partial charge in [-0.25, -0.2) is 0 Å². The molecule has 0 aliphatic heterocycles. The van der Waals surface area contributed by atoms with Crippen molar-refractivity contribution in [2.45, 2.75) is 69.0 Å². The maximum absolute atomic E-state index is 7.28. The van der Waals surface area contributed by atoms with E-state index in [0.29, 0.717) is 0 Å². The maximum atomic E-state index is 7.28.